The summed E-state index contributed by atoms with van der Waals surface area (Å²) in [7, 11) is 0. The average Bonchev–Trinajstić information content (AvgIpc) is 3.07. The molecule has 0 aliphatic carbocycles. The average molecular weight is 457 g/mol. The van der Waals surface area contributed by atoms with Gasteiger partial charge in [0.2, 0.25) is 5.90 Å². The first-order valence-electron chi connectivity index (χ1n) is 9.71. The topological polar surface area (TPSA) is 100 Å². The lowest BCUT2D eigenvalue weighted by atomic mass is 10.1. The minimum atomic E-state index is -0.646. The van der Waals surface area contributed by atoms with E-state index in [9.17, 15) is 14.9 Å². The molecule has 1 aliphatic rings. The molecule has 1 aliphatic heterocycles. The van der Waals surface area contributed by atoms with Gasteiger partial charge in [0.1, 0.15) is 6.61 Å². The lowest BCUT2D eigenvalue weighted by Gasteiger charge is -2.14. The number of nitro benzene ring substituents is 1. The van der Waals surface area contributed by atoms with Crippen LogP contribution >= 0.6 is 11.6 Å². The van der Waals surface area contributed by atoms with Gasteiger partial charge < -0.3 is 14.2 Å². The highest BCUT2D eigenvalue weighted by atomic mass is 35.5. The van der Waals surface area contributed by atoms with E-state index < -0.39 is 10.9 Å². The van der Waals surface area contributed by atoms with Gasteiger partial charge in [0.15, 0.2) is 17.2 Å². The van der Waals surface area contributed by atoms with Crippen LogP contribution in [0.3, 0.4) is 0 Å². The Hall–Kier alpha value is -3.65. The normalized spacial score (nSPS) is 14.2. The number of halogens is 1. The van der Waals surface area contributed by atoms with E-state index in [2.05, 4.69) is 11.6 Å². The van der Waals surface area contributed by atoms with Crippen molar-refractivity contribution in [3.05, 3.63) is 80.0 Å². The SMILES string of the molecule is C=C(C)COc1c(Cl)cc(/C=C2\N=C(c3ccc([N+](=O)[O-])c(C)c3)OC2=O)cc1OCC. The van der Waals surface area contributed by atoms with E-state index in [1.54, 1.807) is 25.1 Å². The van der Waals surface area contributed by atoms with Crippen LogP contribution in [0.2, 0.25) is 5.02 Å². The van der Waals surface area contributed by atoms with Crippen LogP contribution in [0.15, 0.2) is 53.2 Å². The number of hydrogen-bond acceptors (Lipinski definition) is 7. The predicted molar refractivity (Wildman–Crippen MR) is 121 cm³/mol. The van der Waals surface area contributed by atoms with E-state index in [0.717, 1.165) is 5.57 Å². The highest BCUT2D eigenvalue weighted by Gasteiger charge is 2.25. The van der Waals surface area contributed by atoms with Crippen LogP contribution in [0.4, 0.5) is 5.69 Å². The summed E-state index contributed by atoms with van der Waals surface area (Å²) in [5.74, 6) is 0.234. The first-order chi connectivity index (χ1) is 15.2. The van der Waals surface area contributed by atoms with Crippen molar-refractivity contribution in [3.63, 3.8) is 0 Å². The highest BCUT2D eigenvalue weighted by molar-refractivity contribution is 6.32. The van der Waals surface area contributed by atoms with Crippen molar-refractivity contribution >= 4 is 35.2 Å². The van der Waals surface area contributed by atoms with Gasteiger partial charge >= 0.3 is 5.97 Å². The van der Waals surface area contributed by atoms with Crippen molar-refractivity contribution in [3.8, 4) is 11.5 Å². The summed E-state index contributed by atoms with van der Waals surface area (Å²) in [6.45, 7) is 9.75. The van der Waals surface area contributed by atoms with E-state index in [-0.39, 0.29) is 23.9 Å². The van der Waals surface area contributed by atoms with Crippen LogP contribution in [-0.4, -0.2) is 30.0 Å². The summed E-state index contributed by atoms with van der Waals surface area (Å²) in [6.07, 6.45) is 1.52. The van der Waals surface area contributed by atoms with Crippen LogP contribution in [0.25, 0.3) is 6.08 Å². The lowest BCUT2D eigenvalue weighted by molar-refractivity contribution is -0.385. The fourth-order valence-corrected chi connectivity index (χ4v) is 3.23. The molecule has 166 valence electrons. The number of carbonyl (C=O) groups is 1. The van der Waals surface area contributed by atoms with Crippen molar-refractivity contribution in [2.75, 3.05) is 13.2 Å². The molecule has 0 saturated heterocycles. The fourth-order valence-electron chi connectivity index (χ4n) is 2.95. The number of ether oxygens (including phenoxy) is 3. The summed E-state index contributed by atoms with van der Waals surface area (Å²) >= 11 is 6.39. The highest BCUT2D eigenvalue weighted by Crippen LogP contribution is 2.38. The van der Waals surface area contributed by atoms with Gasteiger partial charge in [-0.25, -0.2) is 9.79 Å². The van der Waals surface area contributed by atoms with Crippen LogP contribution in [0, 0.1) is 17.0 Å². The molecule has 0 unspecified atom stereocenters. The Morgan fingerprint density at radius 1 is 1.31 bits per heavy atom. The molecular weight excluding hydrogens is 436 g/mol. The van der Waals surface area contributed by atoms with Gasteiger partial charge in [0, 0.05) is 17.2 Å². The van der Waals surface area contributed by atoms with Crippen LogP contribution in [0.1, 0.15) is 30.5 Å². The molecule has 0 radical (unpaired) electrons. The second-order valence-corrected chi connectivity index (χ2v) is 7.51. The van der Waals surface area contributed by atoms with Crippen LogP contribution in [0.5, 0.6) is 11.5 Å². The van der Waals surface area contributed by atoms with Gasteiger partial charge in [-0.15, -0.1) is 0 Å². The van der Waals surface area contributed by atoms with Crippen LogP contribution in [-0.2, 0) is 9.53 Å². The molecule has 0 fully saturated rings. The zero-order valence-electron chi connectivity index (χ0n) is 17.8. The van der Waals surface area contributed by atoms with Gasteiger partial charge in [-0.2, -0.15) is 0 Å². The molecule has 32 heavy (non-hydrogen) atoms. The largest absolute Gasteiger partial charge is 0.490 e. The lowest BCUT2D eigenvalue weighted by Crippen LogP contribution is -2.06. The van der Waals surface area contributed by atoms with Gasteiger partial charge in [-0.3, -0.25) is 10.1 Å². The first kappa shape index (κ1) is 23.0. The minimum Gasteiger partial charge on any atom is -0.490 e. The Morgan fingerprint density at radius 3 is 2.69 bits per heavy atom. The Morgan fingerprint density at radius 2 is 2.06 bits per heavy atom. The van der Waals surface area contributed by atoms with E-state index in [1.807, 2.05) is 13.8 Å². The predicted octanol–water partition coefficient (Wildman–Crippen LogP) is 5.25. The number of cyclic esters (lactones) is 1. The number of nitro groups is 1. The molecule has 0 spiro atoms. The molecule has 2 aromatic rings. The standard InChI is InChI=1S/C23H21ClN2O6/c1-5-30-20-11-15(9-17(24)21(20)31-12-13(2)3)10-18-23(27)32-22(25-18)16-6-7-19(26(28)29)14(4)8-16/h6-11H,2,5,12H2,1,3-4H3/b18-10-. The van der Waals surface area contributed by atoms with Crippen molar-refractivity contribution < 1.29 is 23.9 Å². The molecule has 9 heteroatoms. The van der Waals surface area contributed by atoms with Gasteiger partial charge in [-0.1, -0.05) is 18.2 Å². The summed E-state index contributed by atoms with van der Waals surface area (Å²) in [5.41, 5.74) is 2.32. The van der Waals surface area contributed by atoms with E-state index in [1.165, 1.54) is 18.2 Å². The smallest absolute Gasteiger partial charge is 0.363 e. The maximum Gasteiger partial charge on any atom is 0.363 e. The summed E-state index contributed by atoms with van der Waals surface area (Å²) in [5, 5.41) is 11.3. The molecule has 3 rings (SSSR count). The summed E-state index contributed by atoms with van der Waals surface area (Å²) in [4.78, 5) is 27.1. The fraction of sp³-hybridized carbons (Fsp3) is 0.217. The Labute approximate surface area is 189 Å². The van der Waals surface area contributed by atoms with E-state index in [0.29, 0.717) is 39.8 Å². The molecule has 2 aromatic carbocycles. The quantitative estimate of drug-likeness (QED) is 0.177. The molecule has 0 atom stereocenters. The zero-order valence-corrected chi connectivity index (χ0v) is 18.6. The molecule has 0 amide bonds. The number of carbonyl (C=O) groups excluding carboxylic acids is 1. The molecule has 0 saturated carbocycles. The van der Waals surface area contributed by atoms with Crippen LogP contribution < -0.4 is 9.47 Å². The van der Waals surface area contributed by atoms with Crippen molar-refractivity contribution in [2.24, 2.45) is 4.99 Å². The Balaban J connectivity index is 1.94. The minimum absolute atomic E-state index is 0.0264. The number of rotatable bonds is 8. The number of nitrogens with zero attached hydrogens (tertiary/aromatic N) is 2. The molecule has 0 aromatic heterocycles. The molecule has 1 heterocycles. The third-order valence-corrected chi connectivity index (χ3v) is 4.64. The second kappa shape index (κ2) is 9.65. The van der Waals surface area contributed by atoms with Crippen molar-refractivity contribution in [1.82, 2.24) is 0 Å². The number of esters is 1. The Kier molecular flexibility index (Phi) is 6.95. The number of benzene rings is 2. The monoisotopic (exact) mass is 456 g/mol. The van der Waals surface area contributed by atoms with Gasteiger partial charge in [0.25, 0.3) is 5.69 Å². The van der Waals surface area contributed by atoms with Crippen molar-refractivity contribution in [1.29, 1.82) is 0 Å². The maximum absolute atomic E-state index is 12.4. The summed E-state index contributed by atoms with van der Waals surface area (Å²) < 4.78 is 16.6. The molecule has 0 N–H and O–H groups in total. The zero-order chi connectivity index (χ0) is 23.4. The third-order valence-electron chi connectivity index (χ3n) is 4.36. The summed E-state index contributed by atoms with van der Waals surface area (Å²) in [6, 6.07) is 7.69. The van der Waals surface area contributed by atoms with Gasteiger partial charge in [0.05, 0.1) is 16.6 Å². The van der Waals surface area contributed by atoms with Crippen molar-refractivity contribution in [2.45, 2.75) is 20.8 Å². The molecular formula is C23H21ClN2O6. The van der Waals surface area contributed by atoms with Gasteiger partial charge in [-0.05, 0) is 62.2 Å². The molecule has 0 bridgehead atoms. The Bertz CT molecular complexity index is 1170. The second-order valence-electron chi connectivity index (χ2n) is 7.10. The molecule has 8 nitrogen and oxygen atoms in total. The van der Waals surface area contributed by atoms with E-state index >= 15 is 0 Å². The number of aliphatic imine (C=N–C) groups is 1. The van der Waals surface area contributed by atoms with E-state index in [4.69, 9.17) is 25.8 Å². The third kappa shape index (κ3) is 5.15. The first-order valence-corrected chi connectivity index (χ1v) is 10.1. The number of hydrogen-bond donors (Lipinski definition) is 0. The number of aryl methyl sites for hydroxylation is 1. The maximum atomic E-state index is 12.4.